The average molecular weight is 264 g/mol. The lowest BCUT2D eigenvalue weighted by Crippen LogP contribution is -2.41. The number of aryl methyl sites for hydroxylation is 2. The molecular formula is C17H28O2. The van der Waals surface area contributed by atoms with Crippen molar-refractivity contribution in [3.8, 4) is 0 Å². The molecule has 2 atom stereocenters. The number of benzene rings is 1. The van der Waals surface area contributed by atoms with Crippen molar-refractivity contribution in [2.45, 2.75) is 60.2 Å². The molecule has 0 amide bonds. The van der Waals surface area contributed by atoms with Crippen LogP contribution in [0, 0.1) is 19.3 Å². The van der Waals surface area contributed by atoms with E-state index in [0.717, 1.165) is 0 Å². The Morgan fingerprint density at radius 3 is 2.26 bits per heavy atom. The van der Waals surface area contributed by atoms with Crippen molar-refractivity contribution in [1.82, 2.24) is 0 Å². The largest absolute Gasteiger partial charge is 0.390 e. The fourth-order valence-electron chi connectivity index (χ4n) is 2.40. The van der Waals surface area contributed by atoms with E-state index in [2.05, 4.69) is 52.8 Å². The van der Waals surface area contributed by atoms with Crippen LogP contribution in [0.2, 0.25) is 0 Å². The van der Waals surface area contributed by atoms with Crippen LogP contribution in [0.3, 0.4) is 0 Å². The molecule has 1 aromatic carbocycles. The summed E-state index contributed by atoms with van der Waals surface area (Å²) in [4.78, 5) is 0. The second-order valence-corrected chi connectivity index (χ2v) is 6.43. The Bertz CT molecular complexity index is 404. The van der Waals surface area contributed by atoms with Gasteiger partial charge < -0.3 is 9.84 Å². The highest BCUT2D eigenvalue weighted by Gasteiger charge is 2.31. The smallest absolute Gasteiger partial charge is 0.0885 e. The highest BCUT2D eigenvalue weighted by molar-refractivity contribution is 5.30. The van der Waals surface area contributed by atoms with Crippen molar-refractivity contribution >= 4 is 0 Å². The Morgan fingerprint density at radius 1 is 1.16 bits per heavy atom. The van der Waals surface area contributed by atoms with Crippen LogP contribution in [-0.2, 0) is 11.2 Å². The van der Waals surface area contributed by atoms with Gasteiger partial charge in [0.05, 0.1) is 12.2 Å². The van der Waals surface area contributed by atoms with Gasteiger partial charge in [-0.1, -0.05) is 39.0 Å². The predicted octanol–water partition coefficient (Wildman–Crippen LogP) is 3.66. The summed E-state index contributed by atoms with van der Waals surface area (Å²) in [5.41, 5.74) is 3.67. The minimum absolute atomic E-state index is 0.0603. The molecule has 0 bridgehead atoms. The molecule has 2 heteroatoms. The van der Waals surface area contributed by atoms with Gasteiger partial charge in [-0.25, -0.2) is 0 Å². The minimum Gasteiger partial charge on any atom is -0.390 e. The van der Waals surface area contributed by atoms with Gasteiger partial charge in [-0.2, -0.15) is 0 Å². The van der Waals surface area contributed by atoms with Gasteiger partial charge in [0.25, 0.3) is 0 Å². The third kappa shape index (κ3) is 4.63. The van der Waals surface area contributed by atoms with Gasteiger partial charge in [0, 0.05) is 13.0 Å². The SMILES string of the molecule is CCOC(C(O)Cc1ccc(C)c(C)c1)C(C)(C)C. The molecule has 0 aliphatic heterocycles. The lowest BCUT2D eigenvalue weighted by atomic mass is 9.83. The summed E-state index contributed by atoms with van der Waals surface area (Å²) >= 11 is 0. The summed E-state index contributed by atoms with van der Waals surface area (Å²) in [6, 6.07) is 6.37. The molecule has 0 heterocycles. The molecule has 1 N–H and O–H groups in total. The summed E-state index contributed by atoms with van der Waals surface area (Å²) in [5.74, 6) is 0. The number of aliphatic hydroxyl groups excluding tert-OH is 1. The molecule has 2 unspecified atom stereocenters. The topological polar surface area (TPSA) is 29.5 Å². The summed E-state index contributed by atoms with van der Waals surface area (Å²) in [6.07, 6.45) is 0.0319. The molecule has 0 spiro atoms. The molecule has 108 valence electrons. The Kier molecular flexibility index (Phi) is 5.57. The monoisotopic (exact) mass is 264 g/mol. The highest BCUT2D eigenvalue weighted by Crippen LogP contribution is 2.27. The zero-order chi connectivity index (χ0) is 14.6. The van der Waals surface area contributed by atoms with Gasteiger partial charge in [-0.15, -0.1) is 0 Å². The zero-order valence-corrected chi connectivity index (χ0v) is 13.2. The Hall–Kier alpha value is -0.860. The quantitative estimate of drug-likeness (QED) is 0.879. The predicted molar refractivity (Wildman–Crippen MR) is 80.5 cm³/mol. The third-order valence-electron chi connectivity index (χ3n) is 3.57. The number of hydrogen-bond acceptors (Lipinski definition) is 2. The molecule has 0 saturated carbocycles. The van der Waals surface area contributed by atoms with Crippen LogP contribution in [0.25, 0.3) is 0 Å². The number of ether oxygens (including phenoxy) is 1. The van der Waals surface area contributed by atoms with Crippen molar-refractivity contribution < 1.29 is 9.84 Å². The van der Waals surface area contributed by atoms with Crippen LogP contribution >= 0.6 is 0 Å². The maximum atomic E-state index is 10.5. The molecule has 0 fully saturated rings. The van der Waals surface area contributed by atoms with E-state index in [-0.39, 0.29) is 11.5 Å². The van der Waals surface area contributed by atoms with Gasteiger partial charge in [0.15, 0.2) is 0 Å². The standard InChI is InChI=1S/C17H28O2/c1-7-19-16(17(4,5)6)15(18)11-14-9-8-12(2)13(3)10-14/h8-10,15-16,18H,7,11H2,1-6H3. The second kappa shape index (κ2) is 6.53. The highest BCUT2D eigenvalue weighted by atomic mass is 16.5. The van der Waals surface area contributed by atoms with E-state index in [1.54, 1.807) is 0 Å². The Labute approximate surface area is 117 Å². The molecule has 2 nitrogen and oxygen atoms in total. The van der Waals surface area contributed by atoms with E-state index in [1.165, 1.54) is 16.7 Å². The zero-order valence-electron chi connectivity index (χ0n) is 13.2. The van der Waals surface area contributed by atoms with Crippen LogP contribution < -0.4 is 0 Å². The van der Waals surface area contributed by atoms with Crippen LogP contribution in [0.15, 0.2) is 18.2 Å². The maximum absolute atomic E-state index is 10.5. The van der Waals surface area contributed by atoms with E-state index >= 15 is 0 Å². The van der Waals surface area contributed by atoms with E-state index in [0.29, 0.717) is 13.0 Å². The first kappa shape index (κ1) is 16.2. The fraction of sp³-hybridized carbons (Fsp3) is 0.647. The van der Waals surface area contributed by atoms with Crippen molar-refractivity contribution in [2.75, 3.05) is 6.61 Å². The van der Waals surface area contributed by atoms with Crippen molar-refractivity contribution in [1.29, 1.82) is 0 Å². The van der Waals surface area contributed by atoms with E-state index < -0.39 is 6.10 Å². The average Bonchev–Trinajstić information content (AvgIpc) is 2.29. The van der Waals surface area contributed by atoms with Crippen molar-refractivity contribution in [2.24, 2.45) is 5.41 Å². The summed E-state index contributed by atoms with van der Waals surface area (Å²) in [5, 5.41) is 10.5. The molecule has 0 saturated heterocycles. The molecule has 1 rings (SSSR count). The minimum atomic E-state index is -0.470. The Morgan fingerprint density at radius 2 is 1.79 bits per heavy atom. The first-order chi connectivity index (χ1) is 8.75. The molecule has 0 radical (unpaired) electrons. The van der Waals surface area contributed by atoms with Gasteiger partial charge >= 0.3 is 0 Å². The number of hydrogen-bond donors (Lipinski definition) is 1. The Balaban J connectivity index is 2.81. The first-order valence-corrected chi connectivity index (χ1v) is 7.11. The number of rotatable bonds is 5. The molecular weight excluding hydrogens is 236 g/mol. The van der Waals surface area contributed by atoms with Gasteiger partial charge in [-0.05, 0) is 42.9 Å². The van der Waals surface area contributed by atoms with Gasteiger partial charge in [0.1, 0.15) is 0 Å². The lowest BCUT2D eigenvalue weighted by molar-refractivity contribution is -0.0873. The molecule has 0 aromatic heterocycles. The maximum Gasteiger partial charge on any atom is 0.0885 e. The molecule has 1 aromatic rings. The summed E-state index contributed by atoms with van der Waals surface area (Å²) in [6.45, 7) is 13.1. The van der Waals surface area contributed by atoms with Crippen molar-refractivity contribution in [3.05, 3.63) is 34.9 Å². The second-order valence-electron chi connectivity index (χ2n) is 6.43. The van der Waals surface area contributed by atoms with Gasteiger partial charge in [0.2, 0.25) is 0 Å². The fourth-order valence-corrected chi connectivity index (χ4v) is 2.40. The van der Waals surface area contributed by atoms with Crippen LogP contribution in [-0.4, -0.2) is 23.9 Å². The summed E-state index contributed by atoms with van der Waals surface area (Å²) in [7, 11) is 0. The van der Waals surface area contributed by atoms with Crippen LogP contribution in [0.4, 0.5) is 0 Å². The van der Waals surface area contributed by atoms with E-state index in [4.69, 9.17) is 4.74 Å². The van der Waals surface area contributed by atoms with Crippen LogP contribution in [0.5, 0.6) is 0 Å². The van der Waals surface area contributed by atoms with Crippen molar-refractivity contribution in [3.63, 3.8) is 0 Å². The molecule has 19 heavy (non-hydrogen) atoms. The molecule has 0 aliphatic carbocycles. The summed E-state index contributed by atoms with van der Waals surface area (Å²) < 4.78 is 5.74. The van der Waals surface area contributed by atoms with Gasteiger partial charge in [-0.3, -0.25) is 0 Å². The van der Waals surface area contributed by atoms with E-state index in [1.807, 2.05) is 6.92 Å². The lowest BCUT2D eigenvalue weighted by Gasteiger charge is -2.34. The first-order valence-electron chi connectivity index (χ1n) is 7.11. The number of aliphatic hydroxyl groups is 1. The molecule has 0 aliphatic rings. The normalized spacial score (nSPS) is 15.3. The van der Waals surface area contributed by atoms with Crippen LogP contribution in [0.1, 0.15) is 44.4 Å². The third-order valence-corrected chi connectivity index (χ3v) is 3.57. The van der Waals surface area contributed by atoms with E-state index in [9.17, 15) is 5.11 Å².